The molecule has 0 aliphatic heterocycles. The van der Waals surface area contributed by atoms with E-state index < -0.39 is 14.6 Å². The molecular formula is C15H26IN3O4S. The number of methoxy groups -OCH3 is 2. The number of sulfone groups is 1. The van der Waals surface area contributed by atoms with E-state index in [4.69, 9.17) is 15.2 Å². The van der Waals surface area contributed by atoms with Gasteiger partial charge in [-0.05, 0) is 31.5 Å². The van der Waals surface area contributed by atoms with Crippen molar-refractivity contribution in [3.8, 4) is 11.5 Å². The van der Waals surface area contributed by atoms with E-state index in [1.165, 1.54) is 6.26 Å². The largest absolute Gasteiger partial charge is 0.493 e. The summed E-state index contributed by atoms with van der Waals surface area (Å²) in [7, 11) is -0.0512. The molecular weight excluding hydrogens is 445 g/mol. The first-order chi connectivity index (χ1) is 10.6. The number of aliphatic imine (C=N–C) groups is 1. The molecule has 7 nitrogen and oxygen atoms in total. The second-order valence-electron chi connectivity index (χ2n) is 5.78. The van der Waals surface area contributed by atoms with Crippen LogP contribution in [-0.2, 0) is 16.4 Å². The zero-order valence-electron chi connectivity index (χ0n) is 14.6. The van der Waals surface area contributed by atoms with Gasteiger partial charge in [-0.15, -0.1) is 24.0 Å². The summed E-state index contributed by atoms with van der Waals surface area (Å²) in [6, 6.07) is 5.47. The number of benzene rings is 1. The molecule has 0 amide bonds. The fraction of sp³-hybridized carbons (Fsp3) is 0.533. The Balaban J connectivity index is 0.00000529. The number of hydrogen-bond donors (Lipinski definition) is 2. The molecule has 0 spiro atoms. The van der Waals surface area contributed by atoms with Crippen molar-refractivity contribution >= 4 is 39.8 Å². The number of ether oxygens (including phenoxy) is 2. The molecule has 9 heteroatoms. The van der Waals surface area contributed by atoms with Crippen molar-refractivity contribution in [3.63, 3.8) is 0 Å². The zero-order chi connectivity index (χ0) is 17.7. The van der Waals surface area contributed by atoms with Gasteiger partial charge in [0.1, 0.15) is 0 Å². The molecule has 1 aromatic carbocycles. The molecule has 0 aliphatic carbocycles. The van der Waals surface area contributed by atoms with Gasteiger partial charge in [-0.3, -0.25) is 0 Å². The van der Waals surface area contributed by atoms with Gasteiger partial charge in [-0.25, -0.2) is 13.4 Å². The highest BCUT2D eigenvalue weighted by Crippen LogP contribution is 2.27. The maximum Gasteiger partial charge on any atom is 0.188 e. The Morgan fingerprint density at radius 1 is 1.25 bits per heavy atom. The topological polar surface area (TPSA) is 103 Å². The molecule has 0 aromatic heterocycles. The Hall–Kier alpha value is -1.23. The lowest BCUT2D eigenvalue weighted by Gasteiger charge is -2.22. The maximum absolute atomic E-state index is 11.6. The van der Waals surface area contributed by atoms with E-state index in [9.17, 15) is 8.42 Å². The van der Waals surface area contributed by atoms with Gasteiger partial charge in [0.05, 0.1) is 25.5 Å². The van der Waals surface area contributed by atoms with Crippen LogP contribution in [0.1, 0.15) is 19.4 Å². The van der Waals surface area contributed by atoms with Crippen molar-refractivity contribution in [2.24, 2.45) is 10.7 Å². The van der Waals surface area contributed by atoms with Crippen LogP contribution < -0.4 is 20.5 Å². The van der Waals surface area contributed by atoms with Crippen molar-refractivity contribution in [2.45, 2.75) is 25.1 Å². The summed E-state index contributed by atoms with van der Waals surface area (Å²) in [5, 5.41) is 2.84. The van der Waals surface area contributed by atoms with Crippen LogP contribution in [0.2, 0.25) is 0 Å². The lowest BCUT2D eigenvalue weighted by Crippen LogP contribution is -2.46. The number of hydrogen-bond acceptors (Lipinski definition) is 5. The highest BCUT2D eigenvalue weighted by molar-refractivity contribution is 14.0. The number of nitrogens with two attached hydrogens (primary N) is 1. The lowest BCUT2D eigenvalue weighted by molar-refractivity contribution is 0.354. The summed E-state index contributed by atoms with van der Waals surface area (Å²) >= 11 is 0. The Labute approximate surface area is 160 Å². The molecule has 0 saturated carbocycles. The van der Waals surface area contributed by atoms with Crippen LogP contribution >= 0.6 is 24.0 Å². The van der Waals surface area contributed by atoms with Crippen LogP contribution in [-0.4, -0.2) is 46.1 Å². The Morgan fingerprint density at radius 2 is 1.83 bits per heavy atom. The van der Waals surface area contributed by atoms with Gasteiger partial charge in [0.25, 0.3) is 0 Å². The van der Waals surface area contributed by atoms with E-state index in [0.717, 1.165) is 5.56 Å². The Bertz CT molecular complexity index is 675. The predicted molar refractivity (Wildman–Crippen MR) is 107 cm³/mol. The summed E-state index contributed by atoms with van der Waals surface area (Å²) in [6.45, 7) is 3.81. The Kier molecular flexibility index (Phi) is 8.83. The van der Waals surface area contributed by atoms with E-state index in [2.05, 4.69) is 10.3 Å². The first-order valence-corrected chi connectivity index (χ1v) is 8.94. The third kappa shape index (κ3) is 6.34. The summed E-state index contributed by atoms with van der Waals surface area (Å²) in [5.74, 6) is 1.45. The molecule has 0 unspecified atom stereocenters. The standard InChI is InChI=1S/C15H25N3O4S.HI/c1-15(2,23(5,19)20)10-18-14(16)17-9-11-6-7-12(21-3)13(8-11)22-4;/h6-8H,9-10H2,1-5H3,(H3,16,17,18);1H. The average molecular weight is 471 g/mol. The van der Waals surface area contributed by atoms with Gasteiger partial charge < -0.3 is 20.5 Å². The quantitative estimate of drug-likeness (QED) is 0.356. The molecule has 0 radical (unpaired) electrons. The monoisotopic (exact) mass is 471 g/mol. The predicted octanol–water partition coefficient (Wildman–Crippen LogP) is 1.55. The number of guanidine groups is 1. The average Bonchev–Trinajstić information content (AvgIpc) is 2.49. The van der Waals surface area contributed by atoms with Crippen LogP contribution in [0.3, 0.4) is 0 Å². The minimum Gasteiger partial charge on any atom is -0.493 e. The van der Waals surface area contributed by atoms with E-state index in [0.29, 0.717) is 18.0 Å². The lowest BCUT2D eigenvalue weighted by atomic mass is 10.2. The van der Waals surface area contributed by atoms with Gasteiger partial charge in [0, 0.05) is 12.8 Å². The van der Waals surface area contributed by atoms with Crippen LogP contribution in [0.4, 0.5) is 0 Å². The van der Waals surface area contributed by atoms with Crippen LogP contribution in [0.25, 0.3) is 0 Å². The molecule has 0 aliphatic rings. The molecule has 0 atom stereocenters. The van der Waals surface area contributed by atoms with E-state index >= 15 is 0 Å². The van der Waals surface area contributed by atoms with Crippen molar-refractivity contribution in [1.29, 1.82) is 0 Å². The third-order valence-electron chi connectivity index (χ3n) is 3.58. The minimum atomic E-state index is -3.19. The van der Waals surface area contributed by atoms with Crippen molar-refractivity contribution < 1.29 is 17.9 Å². The highest BCUT2D eigenvalue weighted by atomic mass is 127. The van der Waals surface area contributed by atoms with Gasteiger partial charge >= 0.3 is 0 Å². The van der Waals surface area contributed by atoms with Crippen LogP contribution in [0.15, 0.2) is 23.2 Å². The molecule has 24 heavy (non-hydrogen) atoms. The molecule has 0 heterocycles. The van der Waals surface area contributed by atoms with Crippen LogP contribution in [0, 0.1) is 0 Å². The van der Waals surface area contributed by atoms with E-state index in [-0.39, 0.29) is 36.5 Å². The third-order valence-corrected chi connectivity index (χ3v) is 5.73. The summed E-state index contributed by atoms with van der Waals surface area (Å²) in [6.07, 6.45) is 1.20. The Morgan fingerprint density at radius 3 is 2.33 bits per heavy atom. The van der Waals surface area contributed by atoms with Crippen molar-refractivity contribution in [1.82, 2.24) is 5.32 Å². The maximum atomic E-state index is 11.6. The normalized spacial score (nSPS) is 12.3. The number of rotatable bonds is 7. The fourth-order valence-electron chi connectivity index (χ4n) is 1.65. The molecule has 0 fully saturated rings. The molecule has 0 saturated heterocycles. The number of nitrogens with one attached hydrogen (secondary N) is 1. The van der Waals surface area contributed by atoms with E-state index in [1.54, 1.807) is 34.1 Å². The molecule has 0 bridgehead atoms. The number of halogens is 1. The van der Waals surface area contributed by atoms with Gasteiger partial charge in [0.2, 0.25) is 0 Å². The molecule has 138 valence electrons. The first kappa shape index (κ1) is 22.8. The smallest absolute Gasteiger partial charge is 0.188 e. The second kappa shape index (κ2) is 9.30. The second-order valence-corrected chi connectivity index (χ2v) is 8.43. The summed E-state index contributed by atoms with van der Waals surface area (Å²) in [4.78, 5) is 4.20. The molecule has 3 N–H and O–H groups in total. The van der Waals surface area contributed by atoms with Crippen LogP contribution in [0.5, 0.6) is 11.5 Å². The SMILES string of the molecule is COc1ccc(CN=C(N)NCC(C)(C)S(C)(=O)=O)cc1OC.I. The van der Waals surface area contributed by atoms with Gasteiger partial charge in [-0.1, -0.05) is 6.07 Å². The minimum absolute atomic E-state index is 0. The zero-order valence-corrected chi connectivity index (χ0v) is 17.8. The van der Waals surface area contributed by atoms with Crippen molar-refractivity contribution in [3.05, 3.63) is 23.8 Å². The summed E-state index contributed by atoms with van der Waals surface area (Å²) in [5.41, 5.74) is 6.68. The highest BCUT2D eigenvalue weighted by Gasteiger charge is 2.29. The molecule has 1 aromatic rings. The van der Waals surface area contributed by atoms with Gasteiger partial charge in [0.15, 0.2) is 27.3 Å². The summed E-state index contributed by atoms with van der Waals surface area (Å²) < 4.78 is 32.7. The fourth-order valence-corrected chi connectivity index (χ4v) is 1.98. The van der Waals surface area contributed by atoms with Gasteiger partial charge in [-0.2, -0.15) is 0 Å². The molecule has 1 rings (SSSR count). The van der Waals surface area contributed by atoms with Crippen molar-refractivity contribution in [2.75, 3.05) is 27.0 Å². The van der Waals surface area contributed by atoms with E-state index in [1.807, 2.05) is 12.1 Å². The first-order valence-electron chi connectivity index (χ1n) is 7.05. The number of nitrogens with zero attached hydrogens (tertiary/aromatic N) is 1.